The Morgan fingerprint density at radius 3 is 2.59 bits per heavy atom. The first-order valence-electron chi connectivity index (χ1n) is 5.06. The fourth-order valence-corrected chi connectivity index (χ4v) is 1.55. The van der Waals surface area contributed by atoms with Crippen LogP contribution in [0.3, 0.4) is 0 Å². The van der Waals surface area contributed by atoms with E-state index in [1.807, 2.05) is 0 Å². The maximum atomic E-state index is 12.1. The minimum absolute atomic E-state index is 0.0135. The summed E-state index contributed by atoms with van der Waals surface area (Å²) >= 11 is 0. The topological polar surface area (TPSA) is 72.6 Å². The first kappa shape index (κ1) is 13.8. The highest BCUT2D eigenvalue weighted by molar-refractivity contribution is 5.82. The van der Waals surface area contributed by atoms with Crippen LogP contribution in [-0.4, -0.2) is 48.7 Å². The first-order chi connectivity index (χ1) is 7.80. The lowest BCUT2D eigenvalue weighted by molar-refractivity contribution is -0.184. The molecule has 1 aliphatic heterocycles. The van der Waals surface area contributed by atoms with Gasteiger partial charge in [0.1, 0.15) is 0 Å². The largest absolute Gasteiger partial charge is 0.471 e. The van der Waals surface area contributed by atoms with Gasteiger partial charge in [0.05, 0.1) is 12.7 Å². The molecule has 1 atom stereocenters. The van der Waals surface area contributed by atoms with Crippen LogP contribution in [0.25, 0.3) is 0 Å². The molecular weight excluding hydrogens is 241 g/mol. The molecule has 1 aliphatic rings. The Kier molecular flexibility index (Phi) is 4.33. The second kappa shape index (κ2) is 5.35. The van der Waals surface area contributed by atoms with Gasteiger partial charge in [0.25, 0.3) is 0 Å². The van der Waals surface area contributed by atoms with Gasteiger partial charge >= 0.3 is 12.1 Å². The summed E-state index contributed by atoms with van der Waals surface area (Å²) in [6.45, 7) is -0.0231. The van der Waals surface area contributed by atoms with E-state index in [1.54, 1.807) is 0 Å². The van der Waals surface area contributed by atoms with Crippen molar-refractivity contribution in [1.82, 2.24) is 4.90 Å². The summed E-state index contributed by atoms with van der Waals surface area (Å²) in [4.78, 5) is 22.0. The van der Waals surface area contributed by atoms with Crippen LogP contribution >= 0.6 is 0 Å². The lowest BCUT2D eigenvalue weighted by Crippen LogP contribution is -2.40. The van der Waals surface area contributed by atoms with Crippen molar-refractivity contribution >= 4 is 11.8 Å². The van der Waals surface area contributed by atoms with E-state index < -0.39 is 24.1 Å². The summed E-state index contributed by atoms with van der Waals surface area (Å²) in [7, 11) is 0. The van der Waals surface area contributed by atoms with Crippen LogP contribution in [0.4, 0.5) is 13.2 Å². The fourth-order valence-electron chi connectivity index (χ4n) is 1.55. The van der Waals surface area contributed by atoms with Crippen LogP contribution in [0.1, 0.15) is 12.8 Å². The molecule has 0 aliphatic carbocycles. The van der Waals surface area contributed by atoms with Crippen molar-refractivity contribution in [2.45, 2.75) is 25.1 Å². The van der Waals surface area contributed by atoms with E-state index in [9.17, 15) is 22.8 Å². The number of carbonyl (C=O) groups excluding carboxylic acids is 2. The summed E-state index contributed by atoms with van der Waals surface area (Å²) in [5.74, 6) is -2.38. The number of nitrogens with zero attached hydrogens (tertiary/aromatic N) is 1. The van der Waals surface area contributed by atoms with E-state index in [-0.39, 0.29) is 26.1 Å². The lowest BCUT2D eigenvalue weighted by atomic mass is 10.3. The van der Waals surface area contributed by atoms with Gasteiger partial charge in [-0.2, -0.15) is 13.2 Å². The highest BCUT2D eigenvalue weighted by Gasteiger charge is 2.44. The zero-order valence-electron chi connectivity index (χ0n) is 9.00. The number of amides is 2. The smallest absolute Gasteiger partial charge is 0.376 e. The average Bonchev–Trinajstić information content (AvgIpc) is 2.63. The molecule has 2 N–H and O–H groups in total. The van der Waals surface area contributed by atoms with Crippen LogP contribution in [0.2, 0.25) is 0 Å². The van der Waals surface area contributed by atoms with E-state index in [1.165, 1.54) is 0 Å². The highest BCUT2D eigenvalue weighted by atomic mass is 19.4. The predicted molar refractivity (Wildman–Crippen MR) is 50.8 cm³/mol. The molecule has 0 aromatic heterocycles. The van der Waals surface area contributed by atoms with Crippen molar-refractivity contribution < 1.29 is 27.5 Å². The van der Waals surface area contributed by atoms with E-state index in [4.69, 9.17) is 10.5 Å². The first-order valence-corrected chi connectivity index (χ1v) is 5.06. The number of ether oxygens (including phenoxy) is 1. The Bertz CT molecular complexity index is 306. The van der Waals surface area contributed by atoms with Gasteiger partial charge in [-0.3, -0.25) is 9.59 Å². The summed E-state index contributed by atoms with van der Waals surface area (Å²) in [6.07, 6.45) is -4.95. The number of hydrogen-bond donors (Lipinski definition) is 1. The van der Waals surface area contributed by atoms with E-state index >= 15 is 0 Å². The third kappa shape index (κ3) is 4.22. The van der Waals surface area contributed by atoms with Crippen molar-refractivity contribution in [3.05, 3.63) is 0 Å². The zero-order valence-corrected chi connectivity index (χ0v) is 9.00. The molecule has 0 aromatic rings. The quantitative estimate of drug-likeness (QED) is 0.770. The molecule has 0 bridgehead atoms. The molecule has 1 rings (SSSR count). The van der Waals surface area contributed by atoms with Crippen LogP contribution in [0.15, 0.2) is 0 Å². The Balaban J connectivity index is 2.32. The molecule has 17 heavy (non-hydrogen) atoms. The average molecular weight is 254 g/mol. The van der Waals surface area contributed by atoms with Gasteiger partial charge in [0.15, 0.2) is 0 Å². The summed E-state index contributed by atoms with van der Waals surface area (Å²) in [5.41, 5.74) is 4.88. The van der Waals surface area contributed by atoms with Crippen LogP contribution < -0.4 is 5.73 Å². The summed E-state index contributed by atoms with van der Waals surface area (Å²) in [6, 6.07) is 0. The Morgan fingerprint density at radius 1 is 1.41 bits per heavy atom. The third-order valence-corrected chi connectivity index (χ3v) is 2.38. The van der Waals surface area contributed by atoms with Gasteiger partial charge in [-0.05, 0) is 6.42 Å². The minimum Gasteiger partial charge on any atom is -0.376 e. The molecule has 1 unspecified atom stereocenters. The molecule has 0 spiro atoms. The molecular formula is C9H13F3N2O3. The minimum atomic E-state index is -4.85. The SMILES string of the molecule is NC(=O)CCOC1CCN(C(=O)C(F)(F)F)C1. The lowest BCUT2D eigenvalue weighted by Gasteiger charge is -2.17. The van der Waals surface area contributed by atoms with Gasteiger partial charge in [0, 0.05) is 19.5 Å². The molecule has 1 fully saturated rings. The Morgan fingerprint density at radius 2 is 2.06 bits per heavy atom. The zero-order chi connectivity index (χ0) is 13.1. The second-order valence-electron chi connectivity index (χ2n) is 3.75. The number of rotatable bonds is 4. The predicted octanol–water partition coefficient (Wildman–Crippen LogP) is 0.0416. The fraction of sp³-hybridized carbons (Fsp3) is 0.778. The van der Waals surface area contributed by atoms with E-state index in [2.05, 4.69) is 0 Å². The van der Waals surface area contributed by atoms with Crippen molar-refractivity contribution in [1.29, 1.82) is 0 Å². The number of carbonyl (C=O) groups is 2. The van der Waals surface area contributed by atoms with Gasteiger partial charge in [0.2, 0.25) is 5.91 Å². The van der Waals surface area contributed by atoms with Crippen LogP contribution in [0, 0.1) is 0 Å². The Hall–Kier alpha value is -1.31. The second-order valence-corrected chi connectivity index (χ2v) is 3.75. The maximum absolute atomic E-state index is 12.1. The van der Waals surface area contributed by atoms with Crippen molar-refractivity contribution in [2.75, 3.05) is 19.7 Å². The summed E-state index contributed by atoms with van der Waals surface area (Å²) in [5, 5.41) is 0. The van der Waals surface area contributed by atoms with Crippen molar-refractivity contribution in [2.24, 2.45) is 5.73 Å². The monoisotopic (exact) mass is 254 g/mol. The molecule has 0 aromatic carbocycles. The number of nitrogens with two attached hydrogens (primary N) is 1. The summed E-state index contributed by atoms with van der Waals surface area (Å²) < 4.78 is 41.4. The van der Waals surface area contributed by atoms with Gasteiger partial charge in [-0.15, -0.1) is 0 Å². The molecule has 0 radical (unpaired) electrons. The van der Waals surface area contributed by atoms with Crippen LogP contribution in [-0.2, 0) is 14.3 Å². The number of likely N-dealkylation sites (tertiary alicyclic amines) is 1. The van der Waals surface area contributed by atoms with Gasteiger partial charge < -0.3 is 15.4 Å². The standard InChI is InChI=1S/C9H13F3N2O3/c10-9(11,12)8(16)14-3-1-6(5-14)17-4-2-7(13)15/h6H,1-5H2,(H2,13,15). The van der Waals surface area contributed by atoms with Gasteiger partial charge in [-0.25, -0.2) is 0 Å². The Labute approximate surface area is 95.7 Å². The molecule has 8 heteroatoms. The number of alkyl halides is 3. The number of hydrogen-bond acceptors (Lipinski definition) is 3. The van der Waals surface area contributed by atoms with E-state index in [0.717, 1.165) is 0 Å². The number of halogens is 3. The normalized spacial score (nSPS) is 20.6. The molecule has 2 amide bonds. The molecule has 1 heterocycles. The van der Waals surface area contributed by atoms with Crippen molar-refractivity contribution in [3.8, 4) is 0 Å². The van der Waals surface area contributed by atoms with Gasteiger partial charge in [-0.1, -0.05) is 0 Å². The number of primary amides is 1. The molecule has 1 saturated heterocycles. The van der Waals surface area contributed by atoms with Crippen LogP contribution in [0.5, 0.6) is 0 Å². The van der Waals surface area contributed by atoms with Crippen molar-refractivity contribution in [3.63, 3.8) is 0 Å². The maximum Gasteiger partial charge on any atom is 0.471 e. The highest BCUT2D eigenvalue weighted by Crippen LogP contribution is 2.22. The molecule has 5 nitrogen and oxygen atoms in total. The molecule has 0 saturated carbocycles. The third-order valence-electron chi connectivity index (χ3n) is 2.38. The van der Waals surface area contributed by atoms with E-state index in [0.29, 0.717) is 11.3 Å². The molecule has 98 valence electrons.